The Morgan fingerprint density at radius 3 is 2.81 bits per heavy atom. The second kappa shape index (κ2) is 5.76. The average Bonchev–Trinajstić information content (AvgIpc) is 2.25. The van der Waals surface area contributed by atoms with Crippen molar-refractivity contribution in [2.75, 3.05) is 7.11 Å². The Morgan fingerprint density at radius 1 is 1.44 bits per heavy atom. The predicted molar refractivity (Wildman–Crippen MR) is 58.9 cm³/mol. The maximum atomic E-state index is 10.8. The molecule has 0 bridgehead atoms. The Morgan fingerprint density at radius 2 is 2.19 bits per heavy atom. The normalized spacial score (nSPS) is 9.25. The van der Waals surface area contributed by atoms with E-state index in [2.05, 4.69) is 21.6 Å². The molecule has 0 aliphatic heterocycles. The van der Waals surface area contributed by atoms with Crippen LogP contribution in [0.25, 0.3) is 0 Å². The Labute approximate surface area is 94.6 Å². The molecule has 1 heterocycles. The molecule has 1 rings (SSSR count). The van der Waals surface area contributed by atoms with E-state index < -0.39 is 5.97 Å². The summed E-state index contributed by atoms with van der Waals surface area (Å²) in [5, 5.41) is 0. The fourth-order valence-electron chi connectivity index (χ4n) is 0.998. The number of pyridine rings is 1. The van der Waals surface area contributed by atoms with Gasteiger partial charge in [-0.3, -0.25) is 4.98 Å². The van der Waals surface area contributed by atoms with E-state index in [0.717, 1.165) is 0 Å². The van der Waals surface area contributed by atoms with Gasteiger partial charge in [-0.25, -0.2) is 4.79 Å². The van der Waals surface area contributed by atoms with E-state index in [1.807, 2.05) is 13.8 Å². The maximum absolute atomic E-state index is 10.8. The van der Waals surface area contributed by atoms with Gasteiger partial charge in [0.1, 0.15) is 5.75 Å². The van der Waals surface area contributed by atoms with Crippen LogP contribution in [0.1, 0.15) is 19.4 Å². The summed E-state index contributed by atoms with van der Waals surface area (Å²) in [6.45, 7) is 3.85. The highest BCUT2D eigenvalue weighted by atomic mass is 16.5. The molecule has 0 aromatic carbocycles. The zero-order valence-corrected chi connectivity index (χ0v) is 9.48. The number of nitrogens with zero attached hydrogens (tertiary/aromatic N) is 1. The minimum absolute atomic E-state index is 0.0746. The third-order valence-corrected chi connectivity index (χ3v) is 1.58. The van der Waals surface area contributed by atoms with Gasteiger partial charge in [0.05, 0.1) is 19.4 Å². The van der Waals surface area contributed by atoms with Crippen LogP contribution in [0, 0.1) is 11.8 Å². The zero-order chi connectivity index (χ0) is 12.0. The summed E-state index contributed by atoms with van der Waals surface area (Å²) in [7, 11) is 1.29. The van der Waals surface area contributed by atoms with Gasteiger partial charge in [-0.1, -0.05) is 5.92 Å². The van der Waals surface area contributed by atoms with Crippen molar-refractivity contribution in [3.8, 4) is 17.6 Å². The Balaban J connectivity index is 2.81. The number of hydrogen-bond acceptors (Lipinski definition) is 4. The maximum Gasteiger partial charge on any atom is 0.384 e. The lowest BCUT2D eigenvalue weighted by Crippen LogP contribution is -2.05. The van der Waals surface area contributed by atoms with Gasteiger partial charge >= 0.3 is 5.97 Å². The van der Waals surface area contributed by atoms with Crippen LogP contribution in [-0.4, -0.2) is 24.2 Å². The molecule has 1 aromatic rings. The van der Waals surface area contributed by atoms with Gasteiger partial charge in [0.15, 0.2) is 0 Å². The van der Waals surface area contributed by atoms with Gasteiger partial charge in [-0.15, -0.1) is 0 Å². The van der Waals surface area contributed by atoms with Gasteiger partial charge in [0.2, 0.25) is 0 Å². The summed E-state index contributed by atoms with van der Waals surface area (Å²) in [6, 6.07) is 1.73. The first kappa shape index (κ1) is 12.1. The number of rotatable bonds is 2. The van der Waals surface area contributed by atoms with Gasteiger partial charge in [0.25, 0.3) is 0 Å². The van der Waals surface area contributed by atoms with Crippen LogP contribution in [0.2, 0.25) is 0 Å². The van der Waals surface area contributed by atoms with Crippen molar-refractivity contribution in [1.29, 1.82) is 0 Å². The molecule has 1 aromatic heterocycles. The second-order valence-corrected chi connectivity index (χ2v) is 3.32. The van der Waals surface area contributed by atoms with Crippen LogP contribution in [0.3, 0.4) is 0 Å². The van der Waals surface area contributed by atoms with E-state index in [9.17, 15) is 4.79 Å². The SMILES string of the molecule is COC(=O)C#Cc1cncc(OC(C)C)c1. The van der Waals surface area contributed by atoms with Crippen LogP contribution in [0.15, 0.2) is 18.5 Å². The van der Waals surface area contributed by atoms with Crippen LogP contribution in [-0.2, 0) is 9.53 Å². The number of hydrogen-bond donors (Lipinski definition) is 0. The van der Waals surface area contributed by atoms with Crippen molar-refractivity contribution in [2.45, 2.75) is 20.0 Å². The summed E-state index contributed by atoms with van der Waals surface area (Å²) in [6.07, 6.45) is 3.23. The zero-order valence-electron chi connectivity index (χ0n) is 9.48. The fraction of sp³-hybridized carbons (Fsp3) is 0.333. The molecule has 4 heteroatoms. The summed E-state index contributed by atoms with van der Waals surface area (Å²) in [5.74, 6) is 5.02. The van der Waals surface area contributed by atoms with Crippen molar-refractivity contribution < 1.29 is 14.3 Å². The van der Waals surface area contributed by atoms with Gasteiger partial charge in [0, 0.05) is 17.7 Å². The molecule has 0 atom stereocenters. The molecule has 16 heavy (non-hydrogen) atoms. The highest BCUT2D eigenvalue weighted by molar-refractivity contribution is 5.88. The molecular weight excluding hydrogens is 206 g/mol. The topological polar surface area (TPSA) is 48.4 Å². The minimum atomic E-state index is -0.574. The van der Waals surface area contributed by atoms with Crippen LogP contribution < -0.4 is 4.74 Å². The van der Waals surface area contributed by atoms with Crippen molar-refractivity contribution in [3.63, 3.8) is 0 Å². The average molecular weight is 219 g/mol. The second-order valence-electron chi connectivity index (χ2n) is 3.32. The van der Waals surface area contributed by atoms with Crippen LogP contribution in [0.4, 0.5) is 0 Å². The highest BCUT2D eigenvalue weighted by Crippen LogP contribution is 2.11. The van der Waals surface area contributed by atoms with Gasteiger partial charge < -0.3 is 9.47 Å². The molecule has 0 amide bonds. The summed E-state index contributed by atoms with van der Waals surface area (Å²) in [4.78, 5) is 14.8. The van der Waals surface area contributed by atoms with Gasteiger partial charge in [-0.05, 0) is 19.9 Å². The van der Waals surface area contributed by atoms with E-state index in [1.54, 1.807) is 18.5 Å². The molecule has 0 saturated heterocycles. The molecule has 0 radical (unpaired) electrons. The lowest BCUT2D eigenvalue weighted by atomic mass is 10.3. The molecule has 84 valence electrons. The Hall–Kier alpha value is -2.02. The van der Waals surface area contributed by atoms with Crippen LogP contribution in [0.5, 0.6) is 5.75 Å². The quantitative estimate of drug-likeness (QED) is 0.557. The predicted octanol–water partition coefficient (Wildman–Crippen LogP) is 1.39. The first-order valence-electron chi connectivity index (χ1n) is 4.83. The number of methoxy groups -OCH3 is 1. The molecule has 4 nitrogen and oxygen atoms in total. The smallest absolute Gasteiger partial charge is 0.384 e. The highest BCUT2D eigenvalue weighted by Gasteiger charge is 1.99. The molecule has 0 saturated carbocycles. The van der Waals surface area contributed by atoms with E-state index >= 15 is 0 Å². The van der Waals surface area contributed by atoms with Crippen molar-refractivity contribution in [3.05, 3.63) is 24.0 Å². The summed E-state index contributed by atoms with van der Waals surface area (Å²) >= 11 is 0. The van der Waals surface area contributed by atoms with Crippen molar-refractivity contribution in [2.24, 2.45) is 0 Å². The largest absolute Gasteiger partial charge is 0.489 e. The lowest BCUT2D eigenvalue weighted by Gasteiger charge is -2.08. The first-order valence-corrected chi connectivity index (χ1v) is 4.83. The molecule has 0 aliphatic carbocycles. The number of ether oxygens (including phenoxy) is 2. The van der Waals surface area contributed by atoms with E-state index in [0.29, 0.717) is 11.3 Å². The van der Waals surface area contributed by atoms with Crippen LogP contribution >= 0.6 is 0 Å². The molecule has 0 N–H and O–H groups in total. The van der Waals surface area contributed by atoms with Crippen molar-refractivity contribution in [1.82, 2.24) is 4.98 Å². The first-order chi connectivity index (χ1) is 7.61. The summed E-state index contributed by atoms with van der Waals surface area (Å²) in [5.41, 5.74) is 0.614. The molecule has 0 spiro atoms. The number of aromatic nitrogens is 1. The van der Waals surface area contributed by atoms with E-state index in [4.69, 9.17) is 4.74 Å². The van der Waals surface area contributed by atoms with E-state index in [1.165, 1.54) is 7.11 Å². The van der Waals surface area contributed by atoms with Gasteiger partial charge in [-0.2, -0.15) is 0 Å². The third-order valence-electron chi connectivity index (χ3n) is 1.58. The molecule has 0 fully saturated rings. The fourth-order valence-corrected chi connectivity index (χ4v) is 0.998. The Kier molecular flexibility index (Phi) is 4.34. The standard InChI is InChI=1S/C12H13NO3/c1-9(2)16-11-6-10(7-13-8-11)4-5-12(14)15-3/h6-9H,1-3H3. The molecular formula is C12H13NO3. The minimum Gasteiger partial charge on any atom is -0.489 e. The lowest BCUT2D eigenvalue weighted by molar-refractivity contribution is -0.133. The third kappa shape index (κ3) is 4.01. The summed E-state index contributed by atoms with van der Waals surface area (Å²) < 4.78 is 9.84. The molecule has 0 aliphatic rings. The van der Waals surface area contributed by atoms with Crippen molar-refractivity contribution >= 4 is 5.97 Å². The Bertz CT molecular complexity index is 429. The molecule has 0 unspecified atom stereocenters. The number of esters is 1. The van der Waals surface area contributed by atoms with E-state index in [-0.39, 0.29) is 6.10 Å². The number of carbonyl (C=O) groups is 1. The number of carbonyl (C=O) groups excluding carboxylic acids is 1. The monoisotopic (exact) mass is 219 g/mol.